The minimum atomic E-state index is -3.54. The molecule has 0 aromatic rings. The van der Waals surface area contributed by atoms with Gasteiger partial charge < -0.3 is 5.11 Å². The third kappa shape index (κ3) is 2.87. The zero-order valence-electron chi connectivity index (χ0n) is 7.90. The third-order valence-electron chi connectivity index (χ3n) is 1.85. The van der Waals surface area contributed by atoms with E-state index in [2.05, 4.69) is 0 Å². The molecule has 0 aromatic carbocycles. The van der Waals surface area contributed by atoms with Crippen molar-refractivity contribution in [3.63, 3.8) is 0 Å². The highest BCUT2D eigenvalue weighted by Gasteiger charge is 2.41. The Kier molecular flexibility index (Phi) is 4.25. The predicted molar refractivity (Wildman–Crippen MR) is 53.9 cm³/mol. The summed E-state index contributed by atoms with van der Waals surface area (Å²) in [5.74, 6) is -0.958. The minimum Gasteiger partial charge on any atom is -0.480 e. The monoisotopic (exact) mass is 226 g/mol. The van der Waals surface area contributed by atoms with Crippen LogP contribution in [0.1, 0.15) is 13.8 Å². The van der Waals surface area contributed by atoms with Crippen molar-refractivity contribution < 1.29 is 18.3 Å². The Bertz CT molecular complexity index is 279. The molecule has 0 saturated heterocycles. The van der Waals surface area contributed by atoms with Gasteiger partial charge in [-0.25, -0.2) is 8.42 Å². The lowest BCUT2D eigenvalue weighted by molar-refractivity contribution is -0.139. The molecule has 0 bridgehead atoms. The number of thioether (sulfide) groups is 1. The number of sulfone groups is 1. The van der Waals surface area contributed by atoms with E-state index >= 15 is 0 Å². The van der Waals surface area contributed by atoms with Gasteiger partial charge in [-0.3, -0.25) is 4.79 Å². The van der Waals surface area contributed by atoms with Crippen LogP contribution in [0.2, 0.25) is 0 Å². The van der Waals surface area contributed by atoms with E-state index in [1.165, 1.54) is 25.6 Å². The summed E-state index contributed by atoms with van der Waals surface area (Å²) in [5.41, 5.74) is 0. The summed E-state index contributed by atoms with van der Waals surface area (Å²) in [5, 5.41) is 8.69. The Morgan fingerprint density at radius 2 is 1.92 bits per heavy atom. The first-order valence-corrected chi connectivity index (χ1v) is 6.75. The van der Waals surface area contributed by atoms with Gasteiger partial charge in [0.2, 0.25) is 0 Å². The van der Waals surface area contributed by atoms with Crippen molar-refractivity contribution in [1.29, 1.82) is 0 Å². The average molecular weight is 226 g/mol. The molecule has 0 amide bonds. The molecule has 0 heterocycles. The first-order chi connectivity index (χ1) is 5.75. The van der Waals surface area contributed by atoms with Crippen molar-refractivity contribution in [2.75, 3.05) is 17.8 Å². The van der Waals surface area contributed by atoms with Crippen molar-refractivity contribution in [2.24, 2.45) is 0 Å². The molecule has 78 valence electrons. The Hall–Kier alpha value is -0.230. The van der Waals surface area contributed by atoms with Gasteiger partial charge in [0.1, 0.15) is 0 Å². The summed E-state index contributed by atoms with van der Waals surface area (Å²) in [6.07, 6.45) is 1.78. The number of hydrogen-bond acceptors (Lipinski definition) is 4. The lowest BCUT2D eigenvalue weighted by Gasteiger charge is -2.19. The highest BCUT2D eigenvalue weighted by molar-refractivity contribution is 8.00. The van der Waals surface area contributed by atoms with E-state index in [1.54, 1.807) is 6.26 Å². The predicted octanol–water partition coefficient (Wildman–Crippen LogP) is 0.627. The third-order valence-corrected chi connectivity index (χ3v) is 5.19. The molecular weight excluding hydrogens is 212 g/mol. The number of carbonyl (C=O) groups is 1. The van der Waals surface area contributed by atoms with Gasteiger partial charge in [0.25, 0.3) is 0 Å². The van der Waals surface area contributed by atoms with Crippen molar-refractivity contribution in [2.45, 2.75) is 18.6 Å². The molecule has 0 aliphatic carbocycles. The van der Waals surface area contributed by atoms with Crippen LogP contribution in [0.15, 0.2) is 0 Å². The highest BCUT2D eigenvalue weighted by Crippen LogP contribution is 2.18. The van der Waals surface area contributed by atoms with Crippen LogP contribution in [0.3, 0.4) is 0 Å². The number of carboxylic acid groups (broad SMARTS) is 1. The number of aliphatic carboxylic acids is 1. The molecule has 0 atom stereocenters. The molecule has 6 heteroatoms. The standard InChI is InChI=1S/C7H14O4S2/c1-7(2,6(8)9)13(10,11)5-4-12-3/h4-5H2,1-3H3,(H,8,9). The maximum Gasteiger partial charge on any atom is 0.324 e. The number of rotatable bonds is 5. The summed E-state index contributed by atoms with van der Waals surface area (Å²) < 4.78 is 21.2. The van der Waals surface area contributed by atoms with Crippen LogP contribution in [0, 0.1) is 0 Å². The fourth-order valence-electron chi connectivity index (χ4n) is 0.581. The molecular formula is C7H14O4S2. The summed E-state index contributed by atoms with van der Waals surface area (Å²) in [4.78, 5) is 10.6. The van der Waals surface area contributed by atoms with E-state index < -0.39 is 20.6 Å². The quantitative estimate of drug-likeness (QED) is 0.744. The van der Waals surface area contributed by atoms with Crippen LogP contribution in [0.5, 0.6) is 0 Å². The lowest BCUT2D eigenvalue weighted by Crippen LogP contribution is -2.42. The fraction of sp³-hybridized carbons (Fsp3) is 0.857. The van der Waals surface area contributed by atoms with Crippen LogP contribution < -0.4 is 0 Å². The van der Waals surface area contributed by atoms with Crippen molar-refractivity contribution in [1.82, 2.24) is 0 Å². The Morgan fingerprint density at radius 3 is 2.23 bits per heavy atom. The maximum atomic E-state index is 11.5. The van der Waals surface area contributed by atoms with E-state index in [-0.39, 0.29) is 5.75 Å². The molecule has 0 radical (unpaired) electrons. The van der Waals surface area contributed by atoms with Crippen LogP contribution in [-0.2, 0) is 14.6 Å². The fourth-order valence-corrected chi connectivity index (χ4v) is 2.90. The van der Waals surface area contributed by atoms with Crippen LogP contribution in [0.25, 0.3) is 0 Å². The molecule has 0 saturated carbocycles. The Morgan fingerprint density at radius 1 is 1.46 bits per heavy atom. The summed E-state index contributed by atoms with van der Waals surface area (Å²) in [6.45, 7) is 2.43. The molecule has 13 heavy (non-hydrogen) atoms. The zero-order valence-corrected chi connectivity index (χ0v) is 9.54. The van der Waals surface area contributed by atoms with E-state index in [0.717, 1.165) is 0 Å². The van der Waals surface area contributed by atoms with Gasteiger partial charge in [-0.05, 0) is 20.1 Å². The Labute approximate surface area is 82.6 Å². The number of carboxylic acids is 1. The molecule has 4 nitrogen and oxygen atoms in total. The van der Waals surface area contributed by atoms with Crippen molar-refractivity contribution in [3.8, 4) is 0 Å². The highest BCUT2D eigenvalue weighted by atomic mass is 32.2. The minimum absolute atomic E-state index is 0.0898. The summed E-state index contributed by atoms with van der Waals surface area (Å²) >= 11 is 1.38. The Balaban J connectivity index is 4.73. The van der Waals surface area contributed by atoms with Gasteiger partial charge in [-0.15, -0.1) is 0 Å². The van der Waals surface area contributed by atoms with Crippen molar-refractivity contribution >= 4 is 27.6 Å². The van der Waals surface area contributed by atoms with Crippen LogP contribution >= 0.6 is 11.8 Å². The van der Waals surface area contributed by atoms with E-state index in [4.69, 9.17) is 5.11 Å². The van der Waals surface area contributed by atoms with E-state index in [9.17, 15) is 13.2 Å². The summed E-state index contributed by atoms with van der Waals surface area (Å²) in [7, 11) is -3.54. The summed E-state index contributed by atoms with van der Waals surface area (Å²) in [6, 6.07) is 0. The molecule has 0 aliphatic heterocycles. The van der Waals surface area contributed by atoms with Gasteiger partial charge in [-0.1, -0.05) is 0 Å². The normalized spacial score (nSPS) is 12.8. The average Bonchev–Trinajstić information content (AvgIpc) is 2.00. The van der Waals surface area contributed by atoms with Gasteiger partial charge in [0.05, 0.1) is 5.75 Å². The second kappa shape index (κ2) is 4.32. The molecule has 0 fully saturated rings. The first-order valence-electron chi connectivity index (χ1n) is 3.70. The molecule has 0 aromatic heterocycles. The second-order valence-corrected chi connectivity index (χ2v) is 6.77. The molecule has 1 N–H and O–H groups in total. The van der Waals surface area contributed by atoms with Gasteiger partial charge in [-0.2, -0.15) is 11.8 Å². The van der Waals surface area contributed by atoms with Gasteiger partial charge in [0, 0.05) is 5.75 Å². The van der Waals surface area contributed by atoms with Crippen LogP contribution in [-0.4, -0.2) is 42.0 Å². The molecule has 0 aliphatic rings. The molecule has 0 unspecified atom stereocenters. The van der Waals surface area contributed by atoms with Gasteiger partial charge >= 0.3 is 5.97 Å². The molecule has 0 spiro atoms. The smallest absolute Gasteiger partial charge is 0.324 e. The van der Waals surface area contributed by atoms with E-state index in [0.29, 0.717) is 5.75 Å². The lowest BCUT2D eigenvalue weighted by atomic mass is 10.2. The molecule has 0 rings (SSSR count). The largest absolute Gasteiger partial charge is 0.480 e. The second-order valence-electron chi connectivity index (χ2n) is 3.13. The zero-order chi connectivity index (χ0) is 10.7. The van der Waals surface area contributed by atoms with E-state index in [1.807, 2.05) is 0 Å². The topological polar surface area (TPSA) is 71.4 Å². The SMILES string of the molecule is CSCCS(=O)(=O)C(C)(C)C(=O)O. The first kappa shape index (κ1) is 12.8. The maximum absolute atomic E-state index is 11.5. The van der Waals surface area contributed by atoms with Crippen LogP contribution in [0.4, 0.5) is 0 Å². The van der Waals surface area contributed by atoms with Crippen molar-refractivity contribution in [3.05, 3.63) is 0 Å². The number of hydrogen-bond donors (Lipinski definition) is 1. The van der Waals surface area contributed by atoms with Gasteiger partial charge in [0.15, 0.2) is 14.6 Å².